The normalized spacial score (nSPS) is 10.2. The zero-order valence-corrected chi connectivity index (χ0v) is 7.41. The second-order valence-electron chi connectivity index (χ2n) is 2.27. The second-order valence-corrected chi connectivity index (χ2v) is 3.24. The molecule has 0 unspecified atom stereocenters. The minimum atomic E-state index is 0.0619. The van der Waals surface area contributed by atoms with Gasteiger partial charge in [-0.05, 0) is 0 Å². The van der Waals surface area contributed by atoms with Crippen molar-refractivity contribution in [3.8, 4) is 0 Å². The Balaban J connectivity index is 1.93. The Morgan fingerprint density at radius 1 is 1.54 bits per heavy atom. The summed E-state index contributed by atoms with van der Waals surface area (Å²) in [5.41, 5.74) is 7.00. The van der Waals surface area contributed by atoms with Gasteiger partial charge in [-0.15, -0.1) is 11.3 Å². The Labute approximate surface area is 77.8 Å². The lowest BCUT2D eigenvalue weighted by atomic mass is 10.5. The molecule has 0 atom stereocenters. The molecule has 0 saturated heterocycles. The van der Waals surface area contributed by atoms with Gasteiger partial charge in [0, 0.05) is 11.1 Å². The van der Waals surface area contributed by atoms with Crippen LogP contribution in [0, 0.1) is 0 Å². The van der Waals surface area contributed by atoms with E-state index in [1.165, 1.54) is 0 Å². The van der Waals surface area contributed by atoms with Gasteiger partial charge in [0.15, 0.2) is 0 Å². The molecular formula is C6H7N5OS. The van der Waals surface area contributed by atoms with Gasteiger partial charge in [0.25, 0.3) is 0 Å². The van der Waals surface area contributed by atoms with Crippen LogP contribution < -0.4 is 11.1 Å². The predicted octanol–water partition coefficient (Wildman–Crippen LogP) is 0.720. The molecule has 7 heteroatoms. The van der Waals surface area contributed by atoms with Crippen molar-refractivity contribution >= 4 is 23.4 Å². The van der Waals surface area contributed by atoms with E-state index in [-0.39, 0.29) is 6.01 Å². The van der Waals surface area contributed by atoms with E-state index in [1.807, 2.05) is 0 Å². The van der Waals surface area contributed by atoms with Crippen LogP contribution in [-0.4, -0.2) is 15.2 Å². The molecule has 0 aliphatic carbocycles. The van der Waals surface area contributed by atoms with Gasteiger partial charge < -0.3 is 15.5 Å². The third kappa shape index (κ3) is 1.94. The van der Waals surface area contributed by atoms with Crippen LogP contribution in [-0.2, 0) is 6.54 Å². The highest BCUT2D eigenvalue weighted by Gasteiger charge is 2.01. The van der Waals surface area contributed by atoms with E-state index in [0.717, 1.165) is 4.88 Å². The SMILES string of the molecule is Nc1nnc(NCc2cncs2)o1. The fraction of sp³-hybridized carbons (Fsp3) is 0.167. The van der Waals surface area contributed by atoms with E-state index in [2.05, 4.69) is 20.5 Å². The molecule has 2 rings (SSSR count). The summed E-state index contributed by atoms with van der Waals surface area (Å²) in [6, 6.07) is 0.387. The molecule has 68 valence electrons. The van der Waals surface area contributed by atoms with Crippen LogP contribution in [0.25, 0.3) is 0 Å². The number of hydrogen-bond acceptors (Lipinski definition) is 7. The summed E-state index contributed by atoms with van der Waals surface area (Å²) in [6.45, 7) is 0.617. The molecule has 6 nitrogen and oxygen atoms in total. The lowest BCUT2D eigenvalue weighted by Gasteiger charge is -1.95. The Hall–Kier alpha value is -1.63. The predicted molar refractivity (Wildman–Crippen MR) is 48.2 cm³/mol. The Bertz CT molecular complexity index is 370. The fourth-order valence-electron chi connectivity index (χ4n) is 0.798. The first-order valence-corrected chi connectivity index (χ1v) is 4.43. The van der Waals surface area contributed by atoms with Gasteiger partial charge in [-0.25, -0.2) is 0 Å². The van der Waals surface area contributed by atoms with Crippen molar-refractivity contribution in [1.29, 1.82) is 0 Å². The number of nitrogens with zero attached hydrogens (tertiary/aromatic N) is 3. The van der Waals surface area contributed by atoms with E-state index < -0.39 is 0 Å². The number of aromatic nitrogens is 3. The van der Waals surface area contributed by atoms with Crippen LogP contribution >= 0.6 is 11.3 Å². The summed E-state index contributed by atoms with van der Waals surface area (Å²) in [5.74, 6) is 0. The smallest absolute Gasteiger partial charge is 0.317 e. The van der Waals surface area contributed by atoms with Crippen molar-refractivity contribution in [2.45, 2.75) is 6.54 Å². The molecule has 0 aliphatic heterocycles. The van der Waals surface area contributed by atoms with Gasteiger partial charge >= 0.3 is 12.0 Å². The zero-order chi connectivity index (χ0) is 9.10. The number of nitrogen functional groups attached to an aromatic ring is 1. The van der Waals surface area contributed by atoms with Crippen molar-refractivity contribution in [2.75, 3.05) is 11.1 Å². The van der Waals surface area contributed by atoms with E-state index in [9.17, 15) is 0 Å². The van der Waals surface area contributed by atoms with Crippen molar-refractivity contribution in [3.63, 3.8) is 0 Å². The number of anilines is 2. The second kappa shape index (κ2) is 3.40. The lowest BCUT2D eigenvalue weighted by Crippen LogP contribution is -1.97. The maximum absolute atomic E-state index is 5.24. The van der Waals surface area contributed by atoms with E-state index in [4.69, 9.17) is 10.2 Å². The van der Waals surface area contributed by atoms with Crippen molar-refractivity contribution in [2.24, 2.45) is 0 Å². The number of nitrogens with one attached hydrogen (secondary N) is 1. The van der Waals surface area contributed by atoms with Gasteiger partial charge in [-0.2, -0.15) is 0 Å². The summed E-state index contributed by atoms with van der Waals surface area (Å²) >= 11 is 1.55. The highest BCUT2D eigenvalue weighted by molar-refractivity contribution is 7.09. The first-order chi connectivity index (χ1) is 6.34. The van der Waals surface area contributed by atoms with Crippen LogP contribution in [0.15, 0.2) is 16.1 Å². The molecule has 3 N–H and O–H groups in total. The van der Waals surface area contributed by atoms with Crippen LogP contribution in [0.4, 0.5) is 12.0 Å². The van der Waals surface area contributed by atoms with Crippen molar-refractivity contribution in [1.82, 2.24) is 15.2 Å². The fourth-order valence-corrected chi connectivity index (χ4v) is 1.33. The first kappa shape index (κ1) is 7.99. The van der Waals surface area contributed by atoms with Gasteiger partial charge in [0.1, 0.15) is 0 Å². The minimum absolute atomic E-state index is 0.0619. The average molecular weight is 197 g/mol. The molecule has 13 heavy (non-hydrogen) atoms. The van der Waals surface area contributed by atoms with Crippen molar-refractivity contribution in [3.05, 3.63) is 16.6 Å². The van der Waals surface area contributed by atoms with Gasteiger partial charge in [-0.1, -0.05) is 10.2 Å². The number of thiazole rings is 1. The number of rotatable bonds is 3. The van der Waals surface area contributed by atoms with Gasteiger partial charge in [-0.3, -0.25) is 4.98 Å². The summed E-state index contributed by atoms with van der Waals surface area (Å²) in [5, 5.41) is 10.1. The highest BCUT2D eigenvalue weighted by atomic mass is 32.1. The minimum Gasteiger partial charge on any atom is -0.390 e. The Morgan fingerprint density at radius 2 is 2.46 bits per heavy atom. The summed E-state index contributed by atoms with van der Waals surface area (Å²) in [4.78, 5) is 5.02. The third-order valence-corrected chi connectivity index (χ3v) is 2.12. The average Bonchev–Trinajstić information content (AvgIpc) is 2.71. The van der Waals surface area contributed by atoms with Gasteiger partial charge in [0.2, 0.25) is 0 Å². The monoisotopic (exact) mass is 197 g/mol. The molecule has 0 radical (unpaired) electrons. The third-order valence-electron chi connectivity index (χ3n) is 1.34. The molecule has 0 saturated carbocycles. The molecule has 2 heterocycles. The standard InChI is InChI=1S/C6H7N5OS/c7-5-10-11-6(12-5)9-2-4-1-8-3-13-4/h1,3H,2H2,(H2,7,10)(H,9,11). The maximum Gasteiger partial charge on any atom is 0.317 e. The molecule has 0 spiro atoms. The quantitative estimate of drug-likeness (QED) is 0.753. The highest BCUT2D eigenvalue weighted by Crippen LogP contribution is 2.10. The summed E-state index contributed by atoms with van der Waals surface area (Å²) in [6.07, 6.45) is 1.78. The molecule has 2 aromatic heterocycles. The van der Waals surface area contributed by atoms with E-state index >= 15 is 0 Å². The van der Waals surface area contributed by atoms with Crippen LogP contribution in [0.5, 0.6) is 0 Å². The molecule has 0 aliphatic rings. The topological polar surface area (TPSA) is 89.9 Å². The van der Waals surface area contributed by atoms with Crippen LogP contribution in [0.3, 0.4) is 0 Å². The number of nitrogens with two attached hydrogens (primary N) is 1. The molecule has 0 bridgehead atoms. The molecule has 0 fully saturated rings. The molecular weight excluding hydrogens is 190 g/mol. The number of hydrogen-bond donors (Lipinski definition) is 2. The largest absolute Gasteiger partial charge is 0.390 e. The van der Waals surface area contributed by atoms with E-state index in [0.29, 0.717) is 12.6 Å². The molecule has 0 aromatic carbocycles. The zero-order valence-electron chi connectivity index (χ0n) is 6.60. The summed E-state index contributed by atoms with van der Waals surface area (Å²) in [7, 11) is 0. The Morgan fingerprint density at radius 3 is 3.08 bits per heavy atom. The summed E-state index contributed by atoms with van der Waals surface area (Å²) < 4.78 is 4.91. The van der Waals surface area contributed by atoms with Crippen LogP contribution in [0.2, 0.25) is 0 Å². The Kier molecular flexibility index (Phi) is 2.09. The van der Waals surface area contributed by atoms with Gasteiger partial charge in [0.05, 0.1) is 12.1 Å². The first-order valence-electron chi connectivity index (χ1n) is 3.55. The van der Waals surface area contributed by atoms with Crippen molar-refractivity contribution < 1.29 is 4.42 Å². The lowest BCUT2D eigenvalue weighted by molar-refractivity contribution is 0.586. The maximum atomic E-state index is 5.24. The molecule has 2 aromatic rings. The van der Waals surface area contributed by atoms with Crippen LogP contribution in [0.1, 0.15) is 4.88 Å². The van der Waals surface area contributed by atoms with E-state index in [1.54, 1.807) is 23.0 Å². The molecule has 0 amide bonds.